The van der Waals surface area contributed by atoms with Crippen LogP contribution in [-0.2, 0) is 4.84 Å². The number of hydrogen-bond acceptors (Lipinski definition) is 4. The molecule has 1 amide bonds. The van der Waals surface area contributed by atoms with Crippen LogP contribution in [0.15, 0.2) is 18.2 Å². The van der Waals surface area contributed by atoms with E-state index in [1.165, 1.54) is 19.2 Å². The topological polar surface area (TPSA) is 60.5 Å². The van der Waals surface area contributed by atoms with Crippen molar-refractivity contribution in [3.05, 3.63) is 45.3 Å². The van der Waals surface area contributed by atoms with E-state index < -0.39 is 11.7 Å². The van der Waals surface area contributed by atoms with Gasteiger partial charge in [0.1, 0.15) is 5.69 Å². The molecule has 1 aromatic carbocycles. The van der Waals surface area contributed by atoms with Gasteiger partial charge in [0.25, 0.3) is 5.91 Å². The molecule has 140 valence electrons. The molecule has 0 aliphatic rings. The predicted octanol–water partition coefficient (Wildman–Crippen LogP) is 4.97. The number of benzene rings is 1. The van der Waals surface area contributed by atoms with Gasteiger partial charge in [-0.15, -0.1) is 0 Å². The number of carbonyl (C=O) groups is 1. The Morgan fingerprint density at radius 3 is 2.73 bits per heavy atom. The normalized spacial score (nSPS) is 10.7. The molecule has 0 radical (unpaired) electrons. The summed E-state index contributed by atoms with van der Waals surface area (Å²) in [4.78, 5) is 21.6. The number of aromatic nitrogens is 1. The molecule has 0 aliphatic carbocycles. The lowest BCUT2D eigenvalue weighted by atomic mass is 10.1. The number of nitrogens with zero attached hydrogens (tertiary/aromatic N) is 1. The van der Waals surface area contributed by atoms with Gasteiger partial charge in [0.2, 0.25) is 0 Å². The number of methoxy groups -OCH3 is 1. The van der Waals surface area contributed by atoms with E-state index in [4.69, 9.17) is 32.8 Å². The largest absolute Gasteiger partial charge is 0.492 e. The van der Waals surface area contributed by atoms with Gasteiger partial charge in [0.15, 0.2) is 11.6 Å². The summed E-state index contributed by atoms with van der Waals surface area (Å²) < 4.78 is 19.6. The van der Waals surface area contributed by atoms with E-state index in [1.54, 1.807) is 13.0 Å². The highest BCUT2D eigenvalue weighted by atomic mass is 35.5. The molecule has 8 heteroatoms. The van der Waals surface area contributed by atoms with Gasteiger partial charge in [0, 0.05) is 5.56 Å². The number of rotatable bonds is 7. The molecule has 1 aromatic heterocycles. The summed E-state index contributed by atoms with van der Waals surface area (Å²) in [6.07, 6.45) is 1.73. The van der Waals surface area contributed by atoms with E-state index in [9.17, 15) is 9.18 Å². The van der Waals surface area contributed by atoms with Gasteiger partial charge in [-0.05, 0) is 37.1 Å². The first-order chi connectivity index (χ1) is 12.4. The first-order valence-electron chi connectivity index (χ1n) is 8.02. The lowest BCUT2D eigenvalue weighted by Gasteiger charge is -2.12. The van der Waals surface area contributed by atoms with Crippen LogP contribution in [0.25, 0.3) is 11.3 Å². The molecule has 0 bridgehead atoms. The summed E-state index contributed by atoms with van der Waals surface area (Å²) in [5.41, 5.74) is 3.20. The molecule has 0 saturated carbocycles. The Hall–Kier alpha value is -1.89. The molecule has 0 spiro atoms. The minimum atomic E-state index is -0.667. The van der Waals surface area contributed by atoms with Crippen LogP contribution in [0.1, 0.15) is 35.8 Å². The number of aryl methyl sites for hydroxylation is 1. The Labute approximate surface area is 161 Å². The number of hydroxylamine groups is 1. The van der Waals surface area contributed by atoms with E-state index in [1.807, 2.05) is 6.92 Å². The van der Waals surface area contributed by atoms with Crippen molar-refractivity contribution in [2.75, 3.05) is 13.7 Å². The SMILES string of the molecule is CCCCONC(=O)c1nc(-c2ccc(Cl)c(OC)c2F)cc(C)c1Cl. The van der Waals surface area contributed by atoms with Crippen molar-refractivity contribution in [3.63, 3.8) is 0 Å². The summed E-state index contributed by atoms with van der Waals surface area (Å²) in [6.45, 7) is 4.08. The number of carbonyl (C=O) groups excluding carboxylic acids is 1. The Bertz CT molecular complexity index is 816. The summed E-state index contributed by atoms with van der Waals surface area (Å²) in [5.74, 6) is -1.36. The zero-order valence-electron chi connectivity index (χ0n) is 14.7. The van der Waals surface area contributed by atoms with Gasteiger partial charge in [-0.25, -0.2) is 14.9 Å². The van der Waals surface area contributed by atoms with Crippen LogP contribution in [0, 0.1) is 12.7 Å². The first kappa shape index (κ1) is 20.4. The van der Waals surface area contributed by atoms with Crippen LogP contribution >= 0.6 is 23.2 Å². The van der Waals surface area contributed by atoms with Gasteiger partial charge in [-0.1, -0.05) is 36.5 Å². The van der Waals surface area contributed by atoms with Crippen LogP contribution < -0.4 is 10.2 Å². The molecule has 26 heavy (non-hydrogen) atoms. The summed E-state index contributed by atoms with van der Waals surface area (Å²) >= 11 is 12.1. The number of ether oxygens (including phenoxy) is 1. The van der Waals surface area contributed by atoms with Crippen LogP contribution in [-0.4, -0.2) is 24.6 Å². The lowest BCUT2D eigenvalue weighted by molar-refractivity contribution is 0.0297. The van der Waals surface area contributed by atoms with Gasteiger partial charge in [-0.3, -0.25) is 9.63 Å². The van der Waals surface area contributed by atoms with Gasteiger partial charge >= 0.3 is 0 Å². The third kappa shape index (κ3) is 4.44. The molecule has 0 fully saturated rings. The van der Waals surface area contributed by atoms with E-state index in [-0.39, 0.29) is 32.7 Å². The van der Waals surface area contributed by atoms with Crippen molar-refractivity contribution in [2.45, 2.75) is 26.7 Å². The fourth-order valence-corrected chi connectivity index (χ4v) is 2.65. The highest BCUT2D eigenvalue weighted by Crippen LogP contribution is 2.35. The number of unbranched alkanes of at least 4 members (excludes halogenated alkanes) is 1. The lowest BCUT2D eigenvalue weighted by Crippen LogP contribution is -2.26. The highest BCUT2D eigenvalue weighted by molar-refractivity contribution is 6.34. The zero-order chi connectivity index (χ0) is 19.3. The summed E-state index contributed by atoms with van der Waals surface area (Å²) in [7, 11) is 1.32. The second-order valence-corrected chi connectivity index (χ2v) is 6.35. The minimum absolute atomic E-state index is 0.0496. The van der Waals surface area contributed by atoms with Crippen LogP contribution in [0.5, 0.6) is 5.75 Å². The number of pyridine rings is 1. The maximum Gasteiger partial charge on any atom is 0.294 e. The van der Waals surface area contributed by atoms with Gasteiger partial charge < -0.3 is 4.74 Å². The Morgan fingerprint density at radius 1 is 1.35 bits per heavy atom. The van der Waals surface area contributed by atoms with E-state index in [0.29, 0.717) is 12.2 Å². The quantitative estimate of drug-likeness (QED) is 0.526. The van der Waals surface area contributed by atoms with Crippen molar-refractivity contribution in [1.82, 2.24) is 10.5 Å². The molecular formula is C18H19Cl2FN2O3. The molecule has 1 heterocycles. The molecular weight excluding hydrogens is 382 g/mol. The van der Waals surface area contributed by atoms with Crippen LogP contribution in [0.3, 0.4) is 0 Å². The maximum atomic E-state index is 14.7. The molecule has 2 rings (SSSR count). The monoisotopic (exact) mass is 400 g/mol. The van der Waals surface area contributed by atoms with Crippen LogP contribution in [0.4, 0.5) is 4.39 Å². The summed E-state index contributed by atoms with van der Waals surface area (Å²) in [5, 5.41) is 0.313. The molecule has 0 atom stereocenters. The Balaban J connectivity index is 2.41. The van der Waals surface area contributed by atoms with Crippen molar-refractivity contribution < 1.29 is 18.8 Å². The maximum absolute atomic E-state index is 14.7. The average molecular weight is 401 g/mol. The third-order valence-corrected chi connectivity index (χ3v) is 4.42. The number of halogens is 3. The second-order valence-electron chi connectivity index (χ2n) is 5.56. The van der Waals surface area contributed by atoms with Crippen molar-refractivity contribution in [1.29, 1.82) is 0 Å². The van der Waals surface area contributed by atoms with Crippen LogP contribution in [0.2, 0.25) is 10.0 Å². The fourth-order valence-electron chi connectivity index (χ4n) is 2.24. The van der Waals surface area contributed by atoms with Gasteiger partial charge in [-0.2, -0.15) is 0 Å². The van der Waals surface area contributed by atoms with Crippen molar-refractivity contribution in [2.24, 2.45) is 0 Å². The van der Waals surface area contributed by atoms with Gasteiger partial charge in [0.05, 0.1) is 29.5 Å². The predicted molar refractivity (Wildman–Crippen MR) is 99.3 cm³/mol. The molecule has 0 saturated heterocycles. The smallest absolute Gasteiger partial charge is 0.294 e. The van der Waals surface area contributed by atoms with Crippen molar-refractivity contribution in [3.8, 4) is 17.0 Å². The summed E-state index contributed by atoms with van der Waals surface area (Å²) in [6, 6.07) is 4.55. The zero-order valence-corrected chi connectivity index (χ0v) is 16.2. The van der Waals surface area contributed by atoms with E-state index in [0.717, 1.165) is 12.8 Å². The van der Waals surface area contributed by atoms with E-state index in [2.05, 4.69) is 10.5 Å². The molecule has 5 nitrogen and oxygen atoms in total. The number of hydrogen-bond donors (Lipinski definition) is 1. The van der Waals surface area contributed by atoms with E-state index >= 15 is 0 Å². The first-order valence-corrected chi connectivity index (χ1v) is 8.77. The molecule has 0 unspecified atom stereocenters. The average Bonchev–Trinajstić information content (AvgIpc) is 2.61. The third-order valence-electron chi connectivity index (χ3n) is 3.65. The minimum Gasteiger partial charge on any atom is -0.492 e. The number of amides is 1. The second kappa shape index (κ2) is 9.16. The number of nitrogens with one attached hydrogen (secondary N) is 1. The molecule has 0 aliphatic heterocycles. The Kier molecular flexibility index (Phi) is 7.20. The standard InChI is InChI=1S/C18H19Cl2FN2O3/c1-4-5-8-26-23-18(24)16-14(20)10(2)9-13(22-16)11-6-7-12(19)17(25-3)15(11)21/h6-7,9H,4-5,8H2,1-3H3,(H,23,24). The highest BCUT2D eigenvalue weighted by Gasteiger charge is 2.20. The molecule has 1 N–H and O–H groups in total. The molecule has 2 aromatic rings. The fraction of sp³-hybridized carbons (Fsp3) is 0.333. The van der Waals surface area contributed by atoms with Crippen molar-refractivity contribution >= 4 is 29.1 Å². The Morgan fingerprint density at radius 2 is 2.08 bits per heavy atom.